The smallest absolute Gasteiger partial charge is 0.314 e. The van der Waals surface area contributed by atoms with E-state index in [1.807, 2.05) is 30.5 Å². The van der Waals surface area contributed by atoms with Crippen molar-refractivity contribution in [3.05, 3.63) is 48.2 Å². The van der Waals surface area contributed by atoms with Crippen molar-refractivity contribution in [3.63, 3.8) is 0 Å². The molecule has 3 heteroatoms. The molecule has 0 N–H and O–H groups in total. The fraction of sp³-hybridized carbons (Fsp3) is 0.636. The standard InChI is InChI=1S/C33H49NO2/c1-3-5-7-9-10-11-13-15-28-18-25-32(34-26-28)29-21-23-31(24-22-29)36-33(35)30-19-16-27(17-20-30)14-12-8-6-4-2/h18,21-27,30H,3-17,19-20H2,1-2H3. The molecule has 2 aromatic rings. The van der Waals surface area contributed by atoms with Gasteiger partial charge in [0.05, 0.1) is 11.6 Å². The Morgan fingerprint density at radius 2 is 1.42 bits per heavy atom. The summed E-state index contributed by atoms with van der Waals surface area (Å²) in [5.41, 5.74) is 3.34. The van der Waals surface area contributed by atoms with E-state index in [1.165, 1.54) is 95.5 Å². The second kappa shape index (κ2) is 16.6. The summed E-state index contributed by atoms with van der Waals surface area (Å²) in [5, 5.41) is 0. The fourth-order valence-corrected chi connectivity index (χ4v) is 5.47. The van der Waals surface area contributed by atoms with Gasteiger partial charge >= 0.3 is 5.97 Å². The average Bonchev–Trinajstić information content (AvgIpc) is 2.92. The van der Waals surface area contributed by atoms with E-state index < -0.39 is 0 Å². The molecular formula is C33H49NO2. The molecule has 198 valence electrons. The van der Waals surface area contributed by atoms with Gasteiger partial charge in [0.25, 0.3) is 0 Å². The number of unbranched alkanes of at least 4 members (excludes halogenated alkanes) is 9. The summed E-state index contributed by atoms with van der Waals surface area (Å²) in [6, 6.07) is 12.1. The number of benzene rings is 1. The van der Waals surface area contributed by atoms with Gasteiger partial charge in [0.15, 0.2) is 0 Å². The van der Waals surface area contributed by atoms with E-state index in [-0.39, 0.29) is 11.9 Å². The molecule has 0 atom stereocenters. The predicted molar refractivity (Wildman–Crippen MR) is 151 cm³/mol. The molecule has 1 aliphatic rings. The maximum atomic E-state index is 12.7. The number of hydrogen-bond donors (Lipinski definition) is 0. The molecule has 0 bridgehead atoms. The van der Waals surface area contributed by atoms with Crippen molar-refractivity contribution in [2.45, 2.75) is 123 Å². The summed E-state index contributed by atoms with van der Waals surface area (Å²) in [6.07, 6.45) is 23.4. The van der Waals surface area contributed by atoms with Crippen molar-refractivity contribution in [1.82, 2.24) is 4.98 Å². The number of ether oxygens (including phenoxy) is 1. The van der Waals surface area contributed by atoms with E-state index in [4.69, 9.17) is 4.74 Å². The molecule has 1 heterocycles. The second-order valence-electron chi connectivity index (χ2n) is 10.9. The van der Waals surface area contributed by atoms with Gasteiger partial charge in [-0.3, -0.25) is 9.78 Å². The van der Waals surface area contributed by atoms with Gasteiger partial charge in [-0.2, -0.15) is 0 Å². The molecule has 0 aliphatic heterocycles. The Morgan fingerprint density at radius 1 is 0.778 bits per heavy atom. The Labute approximate surface area is 220 Å². The fourth-order valence-electron chi connectivity index (χ4n) is 5.47. The third-order valence-corrected chi connectivity index (χ3v) is 7.91. The Kier molecular flexibility index (Phi) is 13.1. The minimum absolute atomic E-state index is 0.0555. The highest BCUT2D eigenvalue weighted by Crippen LogP contribution is 2.33. The quantitative estimate of drug-likeness (QED) is 0.133. The number of hydrogen-bond acceptors (Lipinski definition) is 3. The van der Waals surface area contributed by atoms with Crippen molar-refractivity contribution < 1.29 is 9.53 Å². The lowest BCUT2D eigenvalue weighted by Crippen LogP contribution is -2.25. The second-order valence-corrected chi connectivity index (χ2v) is 10.9. The molecule has 3 nitrogen and oxygen atoms in total. The van der Waals surface area contributed by atoms with Crippen molar-refractivity contribution in [1.29, 1.82) is 0 Å². The zero-order valence-corrected chi connectivity index (χ0v) is 23.0. The van der Waals surface area contributed by atoms with Crippen molar-refractivity contribution in [3.8, 4) is 17.0 Å². The number of carbonyl (C=O) groups excluding carboxylic acids is 1. The summed E-state index contributed by atoms with van der Waals surface area (Å²) >= 11 is 0. The topological polar surface area (TPSA) is 39.2 Å². The molecule has 1 saturated carbocycles. The Bertz CT molecular complexity index is 850. The summed E-state index contributed by atoms with van der Waals surface area (Å²) in [7, 11) is 0. The Balaban J connectivity index is 1.37. The van der Waals surface area contributed by atoms with Gasteiger partial charge in [-0.25, -0.2) is 0 Å². The molecule has 0 amide bonds. The molecule has 0 unspecified atom stereocenters. The summed E-state index contributed by atoms with van der Waals surface area (Å²) in [5.74, 6) is 1.45. The first-order valence-corrected chi connectivity index (χ1v) is 15.0. The van der Waals surface area contributed by atoms with E-state index in [9.17, 15) is 4.79 Å². The molecule has 1 fully saturated rings. The van der Waals surface area contributed by atoms with Crippen LogP contribution in [-0.4, -0.2) is 11.0 Å². The van der Waals surface area contributed by atoms with E-state index in [0.29, 0.717) is 5.75 Å². The number of aromatic nitrogens is 1. The average molecular weight is 492 g/mol. The molecule has 1 aliphatic carbocycles. The van der Waals surface area contributed by atoms with Crippen LogP contribution in [0.15, 0.2) is 42.6 Å². The lowest BCUT2D eigenvalue weighted by atomic mass is 9.80. The third-order valence-electron chi connectivity index (χ3n) is 7.91. The molecule has 1 aromatic carbocycles. The normalized spacial score (nSPS) is 17.7. The number of esters is 1. The molecule has 0 spiro atoms. The highest BCUT2D eigenvalue weighted by atomic mass is 16.5. The largest absolute Gasteiger partial charge is 0.426 e. The number of rotatable bonds is 16. The van der Waals surface area contributed by atoms with Crippen molar-refractivity contribution in [2.75, 3.05) is 0 Å². The third kappa shape index (κ3) is 10.1. The molecule has 0 radical (unpaired) electrons. The van der Waals surface area contributed by atoms with E-state index in [2.05, 4.69) is 31.0 Å². The van der Waals surface area contributed by atoms with E-state index in [0.717, 1.165) is 36.4 Å². The number of aryl methyl sites for hydroxylation is 1. The first-order valence-electron chi connectivity index (χ1n) is 15.0. The highest BCUT2D eigenvalue weighted by molar-refractivity contribution is 5.75. The van der Waals surface area contributed by atoms with E-state index in [1.54, 1.807) is 0 Å². The van der Waals surface area contributed by atoms with Crippen LogP contribution < -0.4 is 4.74 Å². The van der Waals surface area contributed by atoms with Gasteiger partial charge in [-0.15, -0.1) is 0 Å². The van der Waals surface area contributed by atoms with Gasteiger partial charge in [0, 0.05) is 11.8 Å². The molecule has 36 heavy (non-hydrogen) atoms. The number of nitrogens with zero attached hydrogens (tertiary/aromatic N) is 1. The van der Waals surface area contributed by atoms with Crippen LogP contribution in [0.3, 0.4) is 0 Å². The lowest BCUT2D eigenvalue weighted by molar-refractivity contribution is -0.140. The molecule has 0 saturated heterocycles. The zero-order valence-electron chi connectivity index (χ0n) is 23.0. The summed E-state index contributed by atoms with van der Waals surface area (Å²) in [4.78, 5) is 17.4. The maximum absolute atomic E-state index is 12.7. The minimum Gasteiger partial charge on any atom is -0.426 e. The van der Waals surface area contributed by atoms with Crippen molar-refractivity contribution >= 4 is 5.97 Å². The van der Waals surface area contributed by atoms with Crippen LogP contribution in [0.2, 0.25) is 0 Å². The SMILES string of the molecule is CCCCCCCCCc1ccc(-c2ccc(OC(=O)C3CCC(CCCCCC)CC3)cc2)nc1. The lowest BCUT2D eigenvalue weighted by Gasteiger charge is -2.27. The van der Waals surface area contributed by atoms with Crippen LogP contribution in [0, 0.1) is 11.8 Å². The van der Waals surface area contributed by atoms with Crippen LogP contribution in [-0.2, 0) is 11.2 Å². The minimum atomic E-state index is -0.0555. The van der Waals surface area contributed by atoms with Crippen LogP contribution in [0.4, 0.5) is 0 Å². The van der Waals surface area contributed by atoms with Crippen LogP contribution >= 0.6 is 0 Å². The van der Waals surface area contributed by atoms with E-state index >= 15 is 0 Å². The van der Waals surface area contributed by atoms with Crippen LogP contribution in [0.25, 0.3) is 11.3 Å². The Morgan fingerprint density at radius 3 is 2.06 bits per heavy atom. The first kappa shape index (κ1) is 28.4. The monoisotopic (exact) mass is 491 g/mol. The molecule has 3 rings (SSSR count). The number of carbonyl (C=O) groups is 1. The predicted octanol–water partition coefficient (Wildman–Crippen LogP) is 9.72. The van der Waals surface area contributed by atoms with Gasteiger partial charge in [0.2, 0.25) is 0 Å². The van der Waals surface area contributed by atoms with Gasteiger partial charge in [-0.05, 0) is 80.3 Å². The Hall–Kier alpha value is -2.16. The maximum Gasteiger partial charge on any atom is 0.314 e. The van der Waals surface area contributed by atoms with Gasteiger partial charge < -0.3 is 4.74 Å². The van der Waals surface area contributed by atoms with Gasteiger partial charge in [-0.1, -0.05) is 90.5 Å². The highest BCUT2D eigenvalue weighted by Gasteiger charge is 2.27. The molecule has 1 aromatic heterocycles. The number of pyridine rings is 1. The van der Waals surface area contributed by atoms with Crippen molar-refractivity contribution in [2.24, 2.45) is 11.8 Å². The van der Waals surface area contributed by atoms with Gasteiger partial charge in [0.1, 0.15) is 5.75 Å². The first-order chi connectivity index (χ1) is 17.7. The van der Waals surface area contributed by atoms with Crippen LogP contribution in [0.1, 0.15) is 122 Å². The summed E-state index contributed by atoms with van der Waals surface area (Å²) < 4.78 is 5.74. The molecular weight excluding hydrogens is 442 g/mol. The summed E-state index contributed by atoms with van der Waals surface area (Å²) in [6.45, 7) is 4.53. The van der Waals surface area contributed by atoms with Crippen LogP contribution in [0.5, 0.6) is 5.75 Å². The zero-order chi connectivity index (χ0) is 25.4.